The molecule has 1 spiro atoms. The van der Waals surface area contributed by atoms with Crippen molar-refractivity contribution in [3.05, 3.63) is 427 Å². The van der Waals surface area contributed by atoms with Gasteiger partial charge in [-0.15, -0.1) is 0 Å². The number of hydrogen-bond donors (Lipinski definition) is 0. The van der Waals surface area contributed by atoms with Crippen molar-refractivity contribution in [3.63, 3.8) is 0 Å². The quantitative estimate of drug-likeness (QED) is 0.0944. The molecular weight excluding hydrogens is 1300 g/mol. The van der Waals surface area contributed by atoms with E-state index in [0.717, 1.165) is 134 Å². The summed E-state index contributed by atoms with van der Waals surface area (Å²) in [5.41, 5.74) is 23.5. The number of anilines is 6. The van der Waals surface area contributed by atoms with Gasteiger partial charge < -0.3 is 9.80 Å². The summed E-state index contributed by atoms with van der Waals surface area (Å²) >= 11 is 0. The first-order valence-electron chi connectivity index (χ1n) is 35.0. The molecule has 0 N–H and O–H groups in total. The summed E-state index contributed by atoms with van der Waals surface area (Å²) in [5.74, 6) is -6.59. The standard InChI is InChI=1S/C96H68F6N2/c1-7-61-29-31-63(32-30-61)47-66-49-70(37-41-75(66)74-18-10-9-17-64(74)48-65-45-57(3)25-27-59(65)5)103(93-89(99)50-68(97)51-90(93)100)72-39-43-80-77-20-12-15-23-83(77)96(87(80)55-72)84-24-16-13-21-78(84)81-44-40-73(56-88(81)96)104(94-91(101)52-69(98)53-92(94)102)71-38-42-79-76-19-11-14-22-82(76)95(86(79)54-71,67-35-33-62(8-2)34-36-67)85-46-58(4)26-28-60(85)6/h7-46,49-56H,1-2,47-48H2,3-6H3. The number of benzene rings is 14. The number of rotatable bonds is 15. The van der Waals surface area contributed by atoms with Gasteiger partial charge in [0.2, 0.25) is 0 Å². The molecule has 0 amide bonds. The Balaban J connectivity index is 0.890. The van der Waals surface area contributed by atoms with E-state index in [4.69, 9.17) is 0 Å². The van der Waals surface area contributed by atoms with Crippen LogP contribution in [0.2, 0.25) is 0 Å². The second kappa shape index (κ2) is 25.4. The van der Waals surface area contributed by atoms with E-state index in [1.165, 1.54) is 11.1 Å². The molecule has 2 unspecified atom stereocenters. The lowest BCUT2D eigenvalue weighted by molar-refractivity contribution is 0.544. The maximum absolute atomic E-state index is 17.5. The van der Waals surface area contributed by atoms with Crippen LogP contribution in [0.25, 0.3) is 56.7 Å². The Kier molecular flexibility index (Phi) is 15.9. The summed E-state index contributed by atoms with van der Waals surface area (Å²) in [7, 11) is 0. The monoisotopic (exact) mass is 1360 g/mol. The first-order valence-corrected chi connectivity index (χ1v) is 35.0. The van der Waals surface area contributed by atoms with Gasteiger partial charge in [0, 0.05) is 47.0 Å². The minimum Gasteiger partial charge on any atom is -0.305 e. The molecule has 3 aliphatic rings. The third-order valence-corrected chi connectivity index (χ3v) is 21.8. The maximum Gasteiger partial charge on any atom is 0.153 e. The third kappa shape index (κ3) is 10.3. The van der Waals surface area contributed by atoms with Gasteiger partial charge >= 0.3 is 0 Å². The highest BCUT2D eigenvalue weighted by Gasteiger charge is 2.53. The van der Waals surface area contributed by atoms with Crippen molar-refractivity contribution in [2.45, 2.75) is 51.4 Å². The molecule has 504 valence electrons. The van der Waals surface area contributed by atoms with E-state index in [-0.39, 0.29) is 0 Å². The SMILES string of the molecule is C=Cc1ccc(Cc2cc(N(c3ccc4c(c3)C3(c5ccccc5-4)c4ccccc4-c4ccc(N(c5ccc6c(c5)C(c5ccc(C=C)cc5)(c5cc(C)ccc5C)c5ccccc5-6)c5c(F)cc(F)cc5F)cc43)c3c(F)cc(F)cc3F)ccc2-c2ccccc2Cc2cc(C)ccc2C)cc1. The lowest BCUT2D eigenvalue weighted by Gasteiger charge is -2.36. The average Bonchev–Trinajstić information content (AvgIpc) is 1.51. The van der Waals surface area contributed by atoms with Crippen molar-refractivity contribution >= 4 is 46.3 Å². The van der Waals surface area contributed by atoms with Gasteiger partial charge in [0.15, 0.2) is 23.3 Å². The first kappa shape index (κ1) is 65.1. The molecule has 2 atom stereocenters. The zero-order valence-electron chi connectivity index (χ0n) is 57.7. The largest absolute Gasteiger partial charge is 0.305 e. The highest BCUT2D eigenvalue weighted by atomic mass is 19.2. The fraction of sp³-hybridized carbons (Fsp3) is 0.0833. The summed E-state index contributed by atoms with van der Waals surface area (Å²) in [5, 5.41) is 0. The van der Waals surface area contributed by atoms with E-state index in [1.807, 2.05) is 140 Å². The van der Waals surface area contributed by atoms with Crippen molar-refractivity contribution in [1.29, 1.82) is 0 Å². The van der Waals surface area contributed by atoms with Gasteiger partial charge in [0.1, 0.15) is 23.0 Å². The normalized spacial score (nSPS) is 14.9. The van der Waals surface area contributed by atoms with E-state index in [2.05, 4.69) is 162 Å². The molecule has 0 bridgehead atoms. The Morgan fingerprint density at radius 2 is 0.683 bits per heavy atom. The Bertz CT molecular complexity index is 5830. The van der Waals surface area contributed by atoms with Crippen molar-refractivity contribution in [3.8, 4) is 44.5 Å². The van der Waals surface area contributed by atoms with Gasteiger partial charge in [0.05, 0.1) is 10.8 Å². The molecule has 0 heterocycles. The number of nitrogens with zero attached hydrogens (tertiary/aromatic N) is 2. The van der Waals surface area contributed by atoms with Crippen LogP contribution in [0, 0.1) is 62.6 Å². The summed E-state index contributed by atoms with van der Waals surface area (Å²) in [6.45, 7) is 16.5. The summed E-state index contributed by atoms with van der Waals surface area (Å²) in [6, 6.07) is 88.8. The van der Waals surface area contributed by atoms with Crippen LogP contribution < -0.4 is 9.80 Å². The predicted molar refractivity (Wildman–Crippen MR) is 412 cm³/mol. The molecule has 0 fully saturated rings. The van der Waals surface area contributed by atoms with Crippen molar-refractivity contribution < 1.29 is 26.3 Å². The highest BCUT2D eigenvalue weighted by Crippen LogP contribution is 2.65. The lowest BCUT2D eigenvalue weighted by atomic mass is 9.66. The molecule has 2 nitrogen and oxygen atoms in total. The second-order valence-electron chi connectivity index (χ2n) is 27.8. The second-order valence-corrected chi connectivity index (χ2v) is 27.8. The van der Waals surface area contributed by atoms with Crippen molar-refractivity contribution in [2.75, 3.05) is 9.80 Å². The van der Waals surface area contributed by atoms with Crippen molar-refractivity contribution in [2.24, 2.45) is 0 Å². The minimum absolute atomic E-state index is 0.366. The van der Waals surface area contributed by atoms with Gasteiger partial charge in [-0.25, -0.2) is 26.3 Å². The fourth-order valence-corrected chi connectivity index (χ4v) is 17.1. The van der Waals surface area contributed by atoms with E-state index in [9.17, 15) is 0 Å². The Morgan fingerprint density at radius 1 is 0.298 bits per heavy atom. The molecule has 14 aromatic carbocycles. The summed E-state index contributed by atoms with van der Waals surface area (Å²) in [6.07, 6.45) is 4.70. The molecular formula is C96H68F6N2. The van der Waals surface area contributed by atoms with Gasteiger partial charge in [-0.05, 0) is 223 Å². The Morgan fingerprint density at radius 3 is 1.17 bits per heavy atom. The number of hydrogen-bond acceptors (Lipinski definition) is 2. The van der Waals surface area contributed by atoms with Crippen LogP contribution >= 0.6 is 0 Å². The van der Waals surface area contributed by atoms with Gasteiger partial charge in [0.25, 0.3) is 0 Å². The van der Waals surface area contributed by atoms with Crippen LogP contribution in [0.5, 0.6) is 0 Å². The molecule has 104 heavy (non-hydrogen) atoms. The van der Waals surface area contributed by atoms with Gasteiger partial charge in [-0.2, -0.15) is 0 Å². The zero-order chi connectivity index (χ0) is 71.4. The molecule has 0 radical (unpaired) electrons. The first-order chi connectivity index (χ1) is 50.5. The minimum atomic E-state index is -1.21. The van der Waals surface area contributed by atoms with E-state index in [1.54, 1.807) is 15.9 Å². The third-order valence-electron chi connectivity index (χ3n) is 21.8. The van der Waals surface area contributed by atoms with Crippen LogP contribution in [0.4, 0.5) is 60.5 Å². The molecule has 0 aromatic heterocycles. The number of aryl methyl sites for hydroxylation is 4. The van der Waals surface area contributed by atoms with E-state index >= 15 is 26.3 Å². The molecule has 0 saturated heterocycles. The summed E-state index contributed by atoms with van der Waals surface area (Å²) in [4.78, 5) is 3.12. The predicted octanol–water partition coefficient (Wildman–Crippen LogP) is 25.5. The zero-order valence-corrected chi connectivity index (χ0v) is 57.7. The van der Waals surface area contributed by atoms with Crippen molar-refractivity contribution in [1.82, 2.24) is 0 Å². The molecule has 0 saturated carbocycles. The maximum atomic E-state index is 17.5. The molecule has 8 heteroatoms. The smallest absolute Gasteiger partial charge is 0.153 e. The number of halogens is 6. The fourth-order valence-electron chi connectivity index (χ4n) is 17.1. The van der Waals surface area contributed by atoms with E-state index in [0.29, 0.717) is 59.9 Å². The topological polar surface area (TPSA) is 6.48 Å². The molecule has 0 aliphatic heterocycles. The van der Waals surface area contributed by atoms with Gasteiger partial charge in [-0.3, -0.25) is 0 Å². The van der Waals surface area contributed by atoms with Gasteiger partial charge in [-0.1, -0.05) is 243 Å². The van der Waals surface area contributed by atoms with Crippen LogP contribution in [-0.2, 0) is 23.7 Å². The van der Waals surface area contributed by atoms with Crippen LogP contribution in [0.3, 0.4) is 0 Å². The average molecular weight is 1360 g/mol. The molecule has 14 aromatic rings. The highest BCUT2D eigenvalue weighted by molar-refractivity contribution is 5.99. The van der Waals surface area contributed by atoms with Crippen LogP contribution in [0.1, 0.15) is 100 Å². The molecule has 17 rings (SSSR count). The molecule has 3 aliphatic carbocycles. The van der Waals surface area contributed by atoms with E-state index < -0.39 is 57.1 Å². The Hall–Kier alpha value is -12.3. The lowest BCUT2D eigenvalue weighted by Crippen LogP contribution is -2.30. The summed E-state index contributed by atoms with van der Waals surface area (Å²) < 4.78 is 101. The van der Waals surface area contributed by atoms with Crippen LogP contribution in [0.15, 0.2) is 292 Å². The Labute approximate surface area is 602 Å². The number of fused-ring (bicyclic) bond motifs is 13. The van der Waals surface area contributed by atoms with Crippen LogP contribution in [-0.4, -0.2) is 0 Å².